The monoisotopic (exact) mass is 295 g/mol. The molecule has 2 rings (SSSR count). The number of benzene rings is 1. The molecule has 3 nitrogen and oxygen atoms in total. The summed E-state index contributed by atoms with van der Waals surface area (Å²) in [6, 6.07) is 5.10. The molecule has 0 radical (unpaired) electrons. The number of hydrogen-bond donors (Lipinski definition) is 2. The minimum Gasteiger partial charge on any atom is -0.377 e. The Kier molecular flexibility index (Phi) is 5.01. The fourth-order valence-electron chi connectivity index (χ4n) is 1.97. The molecular formula is C15H19ClFN3. The van der Waals surface area contributed by atoms with Gasteiger partial charge in [-0.25, -0.2) is 9.37 Å². The minimum atomic E-state index is -0.258. The zero-order chi connectivity index (χ0) is 14.5. The normalized spacial score (nSPS) is 10.8. The van der Waals surface area contributed by atoms with E-state index in [1.54, 1.807) is 6.07 Å². The van der Waals surface area contributed by atoms with E-state index in [4.69, 9.17) is 11.6 Å². The van der Waals surface area contributed by atoms with Gasteiger partial charge in [0, 0.05) is 6.42 Å². The van der Waals surface area contributed by atoms with E-state index >= 15 is 0 Å². The number of halogens is 2. The molecular weight excluding hydrogens is 277 g/mol. The van der Waals surface area contributed by atoms with Crippen LogP contribution >= 0.6 is 11.6 Å². The van der Waals surface area contributed by atoms with Gasteiger partial charge in [-0.05, 0) is 31.0 Å². The van der Waals surface area contributed by atoms with Crippen molar-refractivity contribution in [3.8, 4) is 0 Å². The second kappa shape index (κ2) is 6.75. The van der Waals surface area contributed by atoms with Crippen molar-refractivity contribution in [3.05, 3.63) is 46.3 Å². The molecule has 2 N–H and O–H groups in total. The maximum Gasteiger partial charge on any atom is 0.152 e. The molecule has 20 heavy (non-hydrogen) atoms. The fraction of sp³-hybridized carbons (Fsp3) is 0.400. The first-order valence-corrected chi connectivity index (χ1v) is 7.21. The first-order chi connectivity index (χ1) is 9.60. The molecule has 108 valence electrons. The summed E-state index contributed by atoms with van der Waals surface area (Å²) in [4.78, 5) is 7.46. The van der Waals surface area contributed by atoms with Crippen LogP contribution in [0, 0.1) is 12.7 Å². The van der Waals surface area contributed by atoms with Crippen molar-refractivity contribution in [2.24, 2.45) is 0 Å². The summed E-state index contributed by atoms with van der Waals surface area (Å²) in [5, 5.41) is 3.49. The molecule has 0 spiro atoms. The van der Waals surface area contributed by atoms with Crippen LogP contribution in [-0.2, 0) is 13.0 Å². The van der Waals surface area contributed by atoms with Crippen molar-refractivity contribution >= 4 is 17.3 Å². The van der Waals surface area contributed by atoms with Crippen molar-refractivity contribution in [1.29, 1.82) is 0 Å². The molecule has 2 aromatic rings. The lowest BCUT2D eigenvalue weighted by Crippen LogP contribution is -2.02. The second-order valence-corrected chi connectivity index (χ2v) is 5.25. The molecule has 0 saturated carbocycles. The summed E-state index contributed by atoms with van der Waals surface area (Å²) in [5.74, 6) is 0.630. The van der Waals surface area contributed by atoms with Gasteiger partial charge in [-0.3, -0.25) is 0 Å². The number of nitrogens with zero attached hydrogens (tertiary/aromatic N) is 1. The van der Waals surface area contributed by atoms with E-state index in [0.717, 1.165) is 36.3 Å². The molecule has 0 aliphatic rings. The predicted octanol–water partition coefficient (Wildman–Crippen LogP) is 4.47. The Hall–Kier alpha value is -1.55. The van der Waals surface area contributed by atoms with Crippen LogP contribution < -0.4 is 5.32 Å². The topological polar surface area (TPSA) is 40.7 Å². The Morgan fingerprint density at radius 3 is 2.90 bits per heavy atom. The van der Waals surface area contributed by atoms with Crippen LogP contribution in [0.4, 0.5) is 10.1 Å². The third-order valence-electron chi connectivity index (χ3n) is 3.12. The molecule has 1 aromatic carbocycles. The van der Waals surface area contributed by atoms with Crippen molar-refractivity contribution in [2.75, 3.05) is 5.32 Å². The molecule has 0 fully saturated rings. The van der Waals surface area contributed by atoms with Gasteiger partial charge in [0.1, 0.15) is 11.6 Å². The quantitative estimate of drug-likeness (QED) is 0.826. The van der Waals surface area contributed by atoms with Gasteiger partial charge in [-0.1, -0.05) is 31.0 Å². The van der Waals surface area contributed by atoms with Gasteiger partial charge in [0.15, 0.2) is 5.15 Å². The molecule has 0 atom stereocenters. The summed E-state index contributed by atoms with van der Waals surface area (Å²) in [6.45, 7) is 4.42. The predicted molar refractivity (Wildman–Crippen MR) is 80.7 cm³/mol. The van der Waals surface area contributed by atoms with E-state index in [-0.39, 0.29) is 5.82 Å². The maximum atomic E-state index is 13.7. The zero-order valence-corrected chi connectivity index (χ0v) is 12.5. The van der Waals surface area contributed by atoms with Crippen LogP contribution in [0.15, 0.2) is 18.2 Å². The Bertz CT molecular complexity index is 580. The highest BCUT2D eigenvalue weighted by Gasteiger charge is 2.09. The number of anilines is 1. The lowest BCUT2D eigenvalue weighted by molar-refractivity contribution is 0.629. The van der Waals surface area contributed by atoms with E-state index < -0.39 is 0 Å². The van der Waals surface area contributed by atoms with Crippen molar-refractivity contribution in [3.63, 3.8) is 0 Å². The second-order valence-electron chi connectivity index (χ2n) is 4.89. The molecule has 1 heterocycles. The van der Waals surface area contributed by atoms with E-state index in [1.165, 1.54) is 6.07 Å². The Morgan fingerprint density at radius 2 is 2.20 bits per heavy atom. The molecule has 0 amide bonds. The van der Waals surface area contributed by atoms with E-state index in [0.29, 0.717) is 17.4 Å². The Balaban J connectivity index is 2.01. The van der Waals surface area contributed by atoms with Gasteiger partial charge in [-0.15, -0.1) is 0 Å². The van der Waals surface area contributed by atoms with Crippen LogP contribution in [0.3, 0.4) is 0 Å². The lowest BCUT2D eigenvalue weighted by atomic mass is 10.2. The van der Waals surface area contributed by atoms with Crippen molar-refractivity contribution < 1.29 is 4.39 Å². The number of H-pyrrole nitrogens is 1. The molecule has 5 heteroatoms. The number of imidazole rings is 1. The molecule has 0 bridgehead atoms. The summed E-state index contributed by atoms with van der Waals surface area (Å²) >= 11 is 6.08. The lowest BCUT2D eigenvalue weighted by Gasteiger charge is -2.07. The van der Waals surface area contributed by atoms with Gasteiger partial charge >= 0.3 is 0 Å². The van der Waals surface area contributed by atoms with Gasteiger partial charge in [0.05, 0.1) is 17.9 Å². The average Bonchev–Trinajstić information content (AvgIpc) is 2.76. The summed E-state index contributed by atoms with van der Waals surface area (Å²) in [7, 11) is 0. The largest absolute Gasteiger partial charge is 0.377 e. The Labute approximate surface area is 123 Å². The minimum absolute atomic E-state index is 0.258. The fourth-order valence-corrected chi connectivity index (χ4v) is 2.18. The van der Waals surface area contributed by atoms with Crippen LogP contribution in [0.5, 0.6) is 0 Å². The first-order valence-electron chi connectivity index (χ1n) is 6.83. The molecule has 0 aliphatic heterocycles. The van der Waals surface area contributed by atoms with Crippen LogP contribution in [0.2, 0.25) is 5.15 Å². The van der Waals surface area contributed by atoms with Crippen molar-refractivity contribution in [2.45, 2.75) is 39.7 Å². The highest BCUT2D eigenvalue weighted by molar-refractivity contribution is 6.30. The third-order valence-corrected chi connectivity index (χ3v) is 3.44. The number of aromatic nitrogens is 2. The van der Waals surface area contributed by atoms with Gasteiger partial charge < -0.3 is 10.3 Å². The summed E-state index contributed by atoms with van der Waals surface area (Å²) in [6.07, 6.45) is 3.07. The van der Waals surface area contributed by atoms with Crippen LogP contribution in [0.25, 0.3) is 0 Å². The number of unbranched alkanes of at least 4 members (excludes halogenated alkanes) is 1. The smallest absolute Gasteiger partial charge is 0.152 e. The average molecular weight is 296 g/mol. The molecule has 1 aromatic heterocycles. The van der Waals surface area contributed by atoms with Gasteiger partial charge in [-0.2, -0.15) is 0 Å². The van der Waals surface area contributed by atoms with E-state index in [1.807, 2.05) is 13.0 Å². The van der Waals surface area contributed by atoms with E-state index in [2.05, 4.69) is 22.2 Å². The van der Waals surface area contributed by atoms with Crippen molar-refractivity contribution in [1.82, 2.24) is 9.97 Å². The first kappa shape index (κ1) is 14.9. The highest BCUT2D eigenvalue weighted by atomic mass is 35.5. The molecule has 0 unspecified atom stereocenters. The number of aromatic amines is 1. The zero-order valence-electron chi connectivity index (χ0n) is 11.8. The third kappa shape index (κ3) is 3.73. The SMILES string of the molecule is CCCCc1nc(Cl)c(CNc2ccc(C)cc2F)[nH]1. The number of nitrogens with one attached hydrogen (secondary N) is 2. The number of aryl methyl sites for hydroxylation is 2. The molecule has 0 aliphatic carbocycles. The maximum absolute atomic E-state index is 13.7. The van der Waals surface area contributed by atoms with Gasteiger partial charge in [0.25, 0.3) is 0 Å². The summed E-state index contributed by atoms with van der Waals surface area (Å²) < 4.78 is 13.7. The Morgan fingerprint density at radius 1 is 1.40 bits per heavy atom. The van der Waals surface area contributed by atoms with Crippen LogP contribution in [-0.4, -0.2) is 9.97 Å². The summed E-state index contributed by atoms with van der Waals surface area (Å²) in [5.41, 5.74) is 2.16. The van der Waals surface area contributed by atoms with Gasteiger partial charge in [0.2, 0.25) is 0 Å². The van der Waals surface area contributed by atoms with E-state index in [9.17, 15) is 4.39 Å². The highest BCUT2D eigenvalue weighted by Crippen LogP contribution is 2.19. The number of hydrogen-bond acceptors (Lipinski definition) is 2. The molecule has 0 saturated heterocycles. The standard InChI is InChI=1S/C15H19ClFN3/c1-3-4-5-14-19-13(15(16)20-14)9-18-12-7-6-10(2)8-11(12)17/h6-8,18H,3-5,9H2,1-2H3,(H,19,20). The van der Waals surface area contributed by atoms with Crippen LogP contribution in [0.1, 0.15) is 36.8 Å². The number of rotatable bonds is 6.